The molecule has 1 saturated carbocycles. The highest BCUT2D eigenvalue weighted by Crippen LogP contribution is 2.45. The van der Waals surface area contributed by atoms with Crippen molar-refractivity contribution in [1.29, 1.82) is 0 Å². The Morgan fingerprint density at radius 3 is 2.44 bits per heavy atom. The quantitative estimate of drug-likeness (QED) is 0.888. The molecule has 0 aromatic heterocycles. The summed E-state index contributed by atoms with van der Waals surface area (Å²) in [5.74, 6) is 0.121. The molecule has 1 aromatic carbocycles. The van der Waals surface area contributed by atoms with E-state index < -0.39 is 0 Å². The van der Waals surface area contributed by atoms with Crippen molar-refractivity contribution in [3.8, 4) is 0 Å². The number of carbonyl (C=O) groups excluding carboxylic acids is 1. The summed E-state index contributed by atoms with van der Waals surface area (Å²) >= 11 is 5.88. The largest absolute Gasteiger partial charge is 0.347 e. The van der Waals surface area contributed by atoms with Gasteiger partial charge in [-0.1, -0.05) is 23.7 Å². The minimum absolute atomic E-state index is 0.121. The van der Waals surface area contributed by atoms with E-state index in [1.165, 1.54) is 0 Å². The molecule has 0 bridgehead atoms. The van der Waals surface area contributed by atoms with Crippen LogP contribution in [0.3, 0.4) is 0 Å². The van der Waals surface area contributed by atoms with Crippen LogP contribution < -0.4 is 5.32 Å². The standard InChI is InChI=1S/C14H19ClN2O/c1-17(2)10-7-13(18)16-14(8-9-14)11-3-5-12(15)6-4-11/h3-6H,7-10H2,1-2H3,(H,16,18). The van der Waals surface area contributed by atoms with Gasteiger partial charge in [0, 0.05) is 18.0 Å². The number of halogens is 1. The summed E-state index contributed by atoms with van der Waals surface area (Å²) in [6.45, 7) is 0.780. The van der Waals surface area contributed by atoms with Crippen molar-refractivity contribution in [2.24, 2.45) is 0 Å². The van der Waals surface area contributed by atoms with Crippen LogP contribution in [0, 0.1) is 0 Å². The second-order valence-electron chi connectivity index (χ2n) is 5.19. The summed E-state index contributed by atoms with van der Waals surface area (Å²) < 4.78 is 0. The van der Waals surface area contributed by atoms with Crippen LogP contribution in [0.25, 0.3) is 0 Å². The molecule has 0 saturated heterocycles. The molecule has 4 heteroatoms. The van der Waals surface area contributed by atoms with Gasteiger partial charge in [0.1, 0.15) is 0 Å². The molecule has 0 radical (unpaired) electrons. The van der Waals surface area contributed by atoms with E-state index in [-0.39, 0.29) is 11.4 Å². The van der Waals surface area contributed by atoms with Gasteiger partial charge in [-0.2, -0.15) is 0 Å². The van der Waals surface area contributed by atoms with Crippen LogP contribution in [0.15, 0.2) is 24.3 Å². The zero-order valence-corrected chi connectivity index (χ0v) is 11.6. The van der Waals surface area contributed by atoms with Gasteiger partial charge in [0.2, 0.25) is 5.91 Å². The first kappa shape index (κ1) is 13.4. The van der Waals surface area contributed by atoms with Crippen LogP contribution in [0.5, 0.6) is 0 Å². The molecule has 1 aromatic rings. The fourth-order valence-electron chi connectivity index (χ4n) is 2.03. The summed E-state index contributed by atoms with van der Waals surface area (Å²) in [6.07, 6.45) is 2.58. The van der Waals surface area contributed by atoms with E-state index in [0.717, 1.165) is 30.0 Å². The number of hydrogen-bond donors (Lipinski definition) is 1. The van der Waals surface area contributed by atoms with Gasteiger partial charge >= 0.3 is 0 Å². The highest BCUT2D eigenvalue weighted by Gasteiger charge is 2.45. The lowest BCUT2D eigenvalue weighted by atomic mass is 10.0. The SMILES string of the molecule is CN(C)CCC(=O)NC1(c2ccc(Cl)cc2)CC1. The molecule has 0 atom stereocenters. The van der Waals surface area contributed by atoms with Crippen molar-refractivity contribution in [3.63, 3.8) is 0 Å². The first-order valence-corrected chi connectivity index (χ1v) is 6.61. The minimum Gasteiger partial charge on any atom is -0.347 e. The number of carbonyl (C=O) groups is 1. The number of rotatable bonds is 5. The lowest BCUT2D eigenvalue weighted by molar-refractivity contribution is -0.122. The second kappa shape index (κ2) is 5.29. The zero-order chi connectivity index (χ0) is 13.2. The van der Waals surface area contributed by atoms with Gasteiger partial charge in [-0.3, -0.25) is 4.79 Å². The summed E-state index contributed by atoms with van der Waals surface area (Å²) in [4.78, 5) is 13.9. The maximum atomic E-state index is 11.9. The monoisotopic (exact) mass is 266 g/mol. The third-order valence-electron chi connectivity index (χ3n) is 3.31. The molecule has 18 heavy (non-hydrogen) atoms. The Bertz CT molecular complexity index is 424. The van der Waals surface area contributed by atoms with E-state index in [9.17, 15) is 4.79 Å². The Hall–Kier alpha value is -1.06. The normalized spacial score (nSPS) is 16.7. The van der Waals surface area contributed by atoms with Gasteiger partial charge < -0.3 is 10.2 Å². The van der Waals surface area contributed by atoms with E-state index in [1.807, 2.05) is 43.3 Å². The summed E-state index contributed by atoms with van der Waals surface area (Å²) in [7, 11) is 3.94. The average molecular weight is 267 g/mol. The van der Waals surface area contributed by atoms with Gasteiger partial charge in [0.15, 0.2) is 0 Å². The fourth-order valence-corrected chi connectivity index (χ4v) is 2.16. The zero-order valence-electron chi connectivity index (χ0n) is 10.9. The Kier molecular flexibility index (Phi) is 3.93. The highest BCUT2D eigenvalue weighted by atomic mass is 35.5. The maximum absolute atomic E-state index is 11.9. The van der Waals surface area contributed by atoms with E-state index >= 15 is 0 Å². The Morgan fingerprint density at radius 2 is 1.94 bits per heavy atom. The summed E-state index contributed by atoms with van der Waals surface area (Å²) in [5.41, 5.74) is 1.03. The predicted molar refractivity (Wildman–Crippen MR) is 73.7 cm³/mol. The Labute approximate surface area is 113 Å². The predicted octanol–water partition coefficient (Wildman–Crippen LogP) is 2.40. The fraction of sp³-hybridized carbons (Fsp3) is 0.500. The minimum atomic E-state index is -0.131. The Balaban J connectivity index is 1.96. The van der Waals surface area contributed by atoms with Crippen LogP contribution in [0.4, 0.5) is 0 Å². The molecule has 0 unspecified atom stereocenters. The van der Waals surface area contributed by atoms with E-state index in [1.54, 1.807) is 0 Å². The molecule has 0 aliphatic heterocycles. The van der Waals surface area contributed by atoms with Gasteiger partial charge in [-0.05, 0) is 44.6 Å². The third-order valence-corrected chi connectivity index (χ3v) is 3.56. The van der Waals surface area contributed by atoms with E-state index in [0.29, 0.717) is 6.42 Å². The third kappa shape index (κ3) is 3.24. The Morgan fingerprint density at radius 1 is 1.33 bits per heavy atom. The molecule has 1 N–H and O–H groups in total. The van der Waals surface area contributed by atoms with Crippen LogP contribution in [0.2, 0.25) is 5.02 Å². The molecule has 2 rings (SSSR count). The van der Waals surface area contributed by atoms with Gasteiger partial charge in [-0.25, -0.2) is 0 Å². The first-order chi connectivity index (χ1) is 8.52. The van der Waals surface area contributed by atoms with Crippen molar-refractivity contribution in [2.75, 3.05) is 20.6 Å². The smallest absolute Gasteiger partial charge is 0.221 e. The summed E-state index contributed by atoms with van der Waals surface area (Å²) in [5, 5.41) is 3.88. The number of benzene rings is 1. The van der Waals surface area contributed by atoms with Crippen LogP contribution in [-0.2, 0) is 10.3 Å². The number of nitrogens with zero attached hydrogens (tertiary/aromatic N) is 1. The summed E-state index contributed by atoms with van der Waals surface area (Å²) in [6, 6.07) is 7.76. The van der Waals surface area contributed by atoms with Crippen molar-refractivity contribution >= 4 is 17.5 Å². The van der Waals surface area contributed by atoms with E-state index in [4.69, 9.17) is 11.6 Å². The first-order valence-electron chi connectivity index (χ1n) is 6.24. The molecule has 0 heterocycles. The van der Waals surface area contributed by atoms with Crippen molar-refractivity contribution in [2.45, 2.75) is 24.8 Å². The van der Waals surface area contributed by atoms with Crippen LogP contribution in [-0.4, -0.2) is 31.4 Å². The molecular formula is C14H19ClN2O. The lowest BCUT2D eigenvalue weighted by Crippen LogP contribution is -2.36. The number of hydrogen-bond acceptors (Lipinski definition) is 2. The molecule has 1 fully saturated rings. The highest BCUT2D eigenvalue weighted by molar-refractivity contribution is 6.30. The number of amides is 1. The lowest BCUT2D eigenvalue weighted by Gasteiger charge is -2.19. The molecule has 1 aliphatic carbocycles. The van der Waals surface area contributed by atoms with Crippen molar-refractivity contribution in [3.05, 3.63) is 34.9 Å². The molecule has 3 nitrogen and oxygen atoms in total. The average Bonchev–Trinajstić information content (AvgIpc) is 3.08. The van der Waals surface area contributed by atoms with Gasteiger partial charge in [-0.15, -0.1) is 0 Å². The second-order valence-corrected chi connectivity index (χ2v) is 5.63. The number of nitrogens with one attached hydrogen (secondary N) is 1. The molecular weight excluding hydrogens is 248 g/mol. The van der Waals surface area contributed by atoms with Gasteiger partial charge in [0.25, 0.3) is 0 Å². The van der Waals surface area contributed by atoms with Crippen molar-refractivity contribution in [1.82, 2.24) is 10.2 Å². The van der Waals surface area contributed by atoms with Crippen molar-refractivity contribution < 1.29 is 4.79 Å². The van der Waals surface area contributed by atoms with Crippen LogP contribution in [0.1, 0.15) is 24.8 Å². The van der Waals surface area contributed by atoms with E-state index in [2.05, 4.69) is 5.32 Å². The maximum Gasteiger partial charge on any atom is 0.221 e. The molecule has 0 spiro atoms. The van der Waals surface area contributed by atoms with Gasteiger partial charge in [0.05, 0.1) is 5.54 Å². The topological polar surface area (TPSA) is 32.3 Å². The molecule has 1 aliphatic rings. The molecule has 1 amide bonds. The van der Waals surface area contributed by atoms with Crippen LogP contribution >= 0.6 is 11.6 Å². The molecule has 98 valence electrons.